The molecule has 5 aromatic carbocycles. The van der Waals surface area contributed by atoms with Crippen molar-refractivity contribution in [2.45, 2.75) is 19.3 Å². The van der Waals surface area contributed by atoms with Crippen LogP contribution in [-0.4, -0.2) is 18.2 Å². The zero-order valence-corrected chi connectivity index (χ0v) is 35.8. The number of aromatic nitrogens is 1. The molecule has 1 aromatic heterocycles. The first-order valence-corrected chi connectivity index (χ1v) is 19.0. The van der Waals surface area contributed by atoms with Crippen molar-refractivity contribution >= 4 is 0 Å². The summed E-state index contributed by atoms with van der Waals surface area (Å²) in [6, 6.07) is 38.2. The van der Waals surface area contributed by atoms with Crippen molar-refractivity contribution in [3.05, 3.63) is 138 Å². The summed E-state index contributed by atoms with van der Waals surface area (Å²) in [4.78, 5) is 4.57. The van der Waals surface area contributed by atoms with Crippen molar-refractivity contribution in [1.82, 2.24) is 4.98 Å². The van der Waals surface area contributed by atoms with Crippen LogP contribution in [0.5, 0.6) is 23.0 Å². The number of pyridine rings is 1. The molecule has 0 bridgehead atoms. The second-order valence-corrected chi connectivity index (χ2v) is 13.3. The molecule has 0 saturated heterocycles. The van der Waals surface area contributed by atoms with E-state index in [-0.39, 0.29) is 33.3 Å². The zero-order valence-electron chi connectivity index (χ0n) is 33.4. The van der Waals surface area contributed by atoms with Crippen LogP contribution in [0.3, 0.4) is 0 Å². The minimum absolute atomic E-state index is 0. The van der Waals surface area contributed by atoms with E-state index in [2.05, 4.69) is 149 Å². The predicted octanol–water partition coefficient (Wildman–Crippen LogP) is 9.31. The topological polar surface area (TPSA) is 49.8 Å². The van der Waals surface area contributed by atoms with Gasteiger partial charge < -0.3 is 23.9 Å². The standard InChI is InChI=1S/C56H30NO4.Ir/c1-5-9-17-30-58-52-36-45-46-37-53(59-31-18-10-6-2)55(61-33-20-12-8-4)39-50(46)56(49(45)38-54(52)60-32-19-11-7-3)47-25-14-13-24-43(47)44-35-41(27-28-48(44)56)40-22-21-23-42(34-40)51-26-15-16-29-57-51;/h1,3,13-16,21-22,24-29,34-39H,30,32H2,2,4H3;/q-1;. The number of terminal acetylenes is 2. The number of hydrogen-bond acceptors (Lipinski definition) is 5. The van der Waals surface area contributed by atoms with E-state index in [1.165, 1.54) is 0 Å². The first kappa shape index (κ1) is 41.7. The first-order valence-electron chi connectivity index (χ1n) is 19.0. The van der Waals surface area contributed by atoms with Crippen LogP contribution in [0.1, 0.15) is 36.1 Å². The van der Waals surface area contributed by atoms with Gasteiger partial charge in [-0.15, -0.1) is 48.2 Å². The van der Waals surface area contributed by atoms with Crippen molar-refractivity contribution in [2.24, 2.45) is 0 Å². The molecule has 2 aliphatic carbocycles. The molecular formula is C56H30IrNO4-. The molecule has 62 heavy (non-hydrogen) atoms. The van der Waals surface area contributed by atoms with Gasteiger partial charge in [0.1, 0.15) is 25.4 Å². The fourth-order valence-corrected chi connectivity index (χ4v) is 7.82. The van der Waals surface area contributed by atoms with Crippen molar-refractivity contribution in [3.63, 3.8) is 0 Å². The summed E-state index contributed by atoms with van der Waals surface area (Å²) in [7, 11) is 0. The van der Waals surface area contributed by atoms with E-state index in [4.69, 9.17) is 31.8 Å². The average Bonchev–Trinajstić information content (AvgIpc) is 3.75. The van der Waals surface area contributed by atoms with Crippen LogP contribution >= 0.6 is 0 Å². The number of ether oxygens (including phenoxy) is 4. The van der Waals surface area contributed by atoms with Gasteiger partial charge in [0.05, 0.1) is 5.41 Å². The normalized spacial score (nSPS) is 12.3. The van der Waals surface area contributed by atoms with Crippen LogP contribution in [0, 0.1) is 102 Å². The smallest absolute Gasteiger partial charge is 0.184 e. The minimum atomic E-state index is -0.879. The third-order valence-corrected chi connectivity index (χ3v) is 10.1. The Bertz CT molecular complexity index is 3250. The van der Waals surface area contributed by atoms with Gasteiger partial charge in [-0.1, -0.05) is 60.4 Å². The third kappa shape index (κ3) is 7.86. The van der Waals surface area contributed by atoms with E-state index in [0.717, 1.165) is 66.9 Å². The van der Waals surface area contributed by atoms with Gasteiger partial charge in [0.2, 0.25) is 0 Å². The molecule has 0 saturated carbocycles. The van der Waals surface area contributed by atoms with E-state index in [9.17, 15) is 0 Å². The van der Waals surface area contributed by atoms with Crippen LogP contribution in [0.25, 0.3) is 44.6 Å². The van der Waals surface area contributed by atoms with Gasteiger partial charge in [0.25, 0.3) is 0 Å². The van der Waals surface area contributed by atoms with Gasteiger partial charge in [-0.05, 0) is 153 Å². The zero-order chi connectivity index (χ0) is 42.0. The molecule has 8 rings (SSSR count). The Morgan fingerprint density at radius 1 is 0.565 bits per heavy atom. The second-order valence-electron chi connectivity index (χ2n) is 13.3. The number of rotatable bonds is 8. The molecule has 1 atom stereocenters. The predicted molar refractivity (Wildman–Crippen MR) is 238 cm³/mol. The molecule has 0 aliphatic heterocycles. The monoisotopic (exact) mass is 973 g/mol. The van der Waals surface area contributed by atoms with Crippen molar-refractivity contribution in [1.29, 1.82) is 0 Å². The summed E-state index contributed by atoms with van der Waals surface area (Å²) in [6.45, 7) is 3.46. The minimum Gasteiger partial charge on any atom is -0.477 e. The van der Waals surface area contributed by atoms with Crippen LogP contribution < -0.4 is 18.9 Å². The number of hydrogen-bond donors (Lipinski definition) is 0. The van der Waals surface area contributed by atoms with E-state index in [1.807, 2.05) is 48.5 Å². The first-order chi connectivity index (χ1) is 30.1. The van der Waals surface area contributed by atoms with Gasteiger partial charge >= 0.3 is 0 Å². The third-order valence-electron chi connectivity index (χ3n) is 10.1. The second kappa shape index (κ2) is 19.1. The summed E-state index contributed by atoms with van der Waals surface area (Å²) in [6.07, 6.45) is 18.0. The molecule has 1 radical (unpaired) electrons. The Morgan fingerprint density at radius 2 is 1.15 bits per heavy atom. The Labute approximate surface area is 376 Å². The molecular weight excluding hydrogens is 943 g/mol. The van der Waals surface area contributed by atoms with Crippen molar-refractivity contribution in [2.75, 3.05) is 13.2 Å². The van der Waals surface area contributed by atoms with E-state index < -0.39 is 5.41 Å². The van der Waals surface area contributed by atoms with Crippen LogP contribution in [0.4, 0.5) is 0 Å². The molecule has 6 aromatic rings. The Hall–Kier alpha value is -8.42. The summed E-state index contributed by atoms with van der Waals surface area (Å²) >= 11 is 0. The Balaban J connectivity index is 0.00000578. The fraction of sp³-hybridized carbons (Fsp3) is 0.0893. The van der Waals surface area contributed by atoms with Crippen LogP contribution in [0.2, 0.25) is 0 Å². The van der Waals surface area contributed by atoms with E-state index >= 15 is 0 Å². The molecule has 6 heteroatoms. The largest absolute Gasteiger partial charge is 0.477 e. The average molecular weight is 973 g/mol. The van der Waals surface area contributed by atoms with Crippen molar-refractivity contribution < 1.29 is 39.1 Å². The van der Waals surface area contributed by atoms with Gasteiger partial charge in [-0.2, -0.15) is 0 Å². The summed E-state index contributed by atoms with van der Waals surface area (Å²) < 4.78 is 24.7. The maximum absolute atomic E-state index is 6.32. The maximum Gasteiger partial charge on any atom is 0.184 e. The number of benzene rings is 5. The summed E-state index contributed by atoms with van der Waals surface area (Å²) in [5.74, 6) is 33.7. The quantitative estimate of drug-likeness (QED) is 0.112. The van der Waals surface area contributed by atoms with Crippen LogP contribution in [0.15, 0.2) is 109 Å². The molecule has 1 heterocycles. The van der Waals surface area contributed by atoms with Crippen LogP contribution in [-0.2, 0) is 25.5 Å². The summed E-state index contributed by atoms with van der Waals surface area (Å²) in [5, 5.41) is 0. The van der Waals surface area contributed by atoms with Gasteiger partial charge in [0.15, 0.2) is 23.0 Å². The fourth-order valence-electron chi connectivity index (χ4n) is 7.82. The van der Waals surface area contributed by atoms with Crippen molar-refractivity contribution in [3.8, 4) is 164 Å². The van der Waals surface area contributed by atoms with E-state index in [0.29, 0.717) is 23.0 Å². The molecule has 0 amide bonds. The molecule has 1 unspecified atom stereocenters. The SMILES string of the molecule is C#CC#CCOc1cc2c(cc1OCC#CC#C)C1(c3ccccc3-c3cc(-c4cc[c-]c(-c5ccccn5)c4)ccc31)c1cc(OC#CC#CC)c(OC#CC#CC)cc1-2.[Ir]. The number of fused-ring (bicyclic) bond motifs is 10. The summed E-state index contributed by atoms with van der Waals surface area (Å²) in [5.41, 5.74) is 10.8. The molecule has 5 nitrogen and oxygen atoms in total. The maximum atomic E-state index is 6.32. The molecule has 2 aliphatic rings. The van der Waals surface area contributed by atoms with Gasteiger partial charge in [-0.25, -0.2) is 0 Å². The molecule has 293 valence electrons. The van der Waals surface area contributed by atoms with E-state index in [1.54, 1.807) is 20.0 Å². The Morgan fingerprint density at radius 3 is 1.81 bits per heavy atom. The van der Waals surface area contributed by atoms with Gasteiger partial charge in [-0.3, -0.25) is 0 Å². The molecule has 1 spiro atoms. The van der Waals surface area contributed by atoms with Gasteiger partial charge in [0, 0.05) is 38.1 Å². The Kier molecular flexibility index (Phi) is 12.9. The number of nitrogens with zero attached hydrogens (tertiary/aromatic N) is 1. The molecule has 0 fully saturated rings. The molecule has 0 N–H and O–H groups in total.